The Morgan fingerprint density at radius 3 is 2.37 bits per heavy atom. The van der Waals surface area contributed by atoms with Gasteiger partial charge in [0, 0.05) is 40.8 Å². The summed E-state index contributed by atoms with van der Waals surface area (Å²) in [5, 5.41) is 2.86. The van der Waals surface area contributed by atoms with Gasteiger partial charge in [0.25, 0.3) is 0 Å². The van der Waals surface area contributed by atoms with Crippen LogP contribution >= 0.6 is 11.6 Å². The van der Waals surface area contributed by atoms with Gasteiger partial charge in [0.15, 0.2) is 17.9 Å². The molecule has 1 atom stereocenters. The Morgan fingerprint density at radius 1 is 1.05 bits per heavy atom. The molecule has 1 unspecified atom stereocenters. The predicted octanol–water partition coefficient (Wildman–Crippen LogP) is 7.91. The summed E-state index contributed by atoms with van der Waals surface area (Å²) in [4.78, 5) is 11.5. The van der Waals surface area contributed by atoms with Gasteiger partial charge in [0.05, 0.1) is 5.02 Å². The van der Waals surface area contributed by atoms with Gasteiger partial charge in [-0.2, -0.15) is 8.78 Å². The molecule has 3 aromatic carbocycles. The molecule has 0 amide bonds. The maximum atomic E-state index is 15.1. The smallest absolute Gasteiger partial charge is 0.387 e. The van der Waals surface area contributed by atoms with E-state index in [0.717, 1.165) is 29.8 Å². The number of fused-ring (bicyclic) bond motifs is 1. The molecule has 0 radical (unpaired) electrons. The van der Waals surface area contributed by atoms with Gasteiger partial charge in [-0.15, -0.1) is 0 Å². The average molecular weight is 550 g/mol. The number of rotatable bonds is 6. The van der Waals surface area contributed by atoms with Gasteiger partial charge in [-0.1, -0.05) is 61.2 Å². The first-order valence-corrected chi connectivity index (χ1v) is 12.8. The standard InChI is InChI=1S/C22H13ClF4O3.C7H15N/c23-20-14(24)9-17-13(8-16(29-17)11-4-2-1-3-5-11)19(20)18-12(10-28)6-7-15(21(18)25)30-22(26)27;1-8-7-5-3-2-4-6-7/h1-7,9-10,16,22H,8H2;7-8H,2-6H2,1H3. The fourth-order valence-corrected chi connectivity index (χ4v) is 5.21. The molecule has 202 valence electrons. The number of benzene rings is 3. The minimum absolute atomic E-state index is 0.121. The number of ether oxygens (including phenoxy) is 2. The molecule has 9 heteroatoms. The van der Waals surface area contributed by atoms with Crippen LogP contribution in [0.1, 0.15) is 59.7 Å². The highest BCUT2D eigenvalue weighted by atomic mass is 35.5. The Kier molecular flexibility index (Phi) is 9.28. The number of carbonyl (C=O) groups excluding carboxylic acids is 1. The van der Waals surface area contributed by atoms with Crippen LogP contribution in [0.15, 0.2) is 48.5 Å². The van der Waals surface area contributed by atoms with Gasteiger partial charge in [0.2, 0.25) is 0 Å². The van der Waals surface area contributed by atoms with Crippen molar-refractivity contribution in [3.05, 3.63) is 81.9 Å². The number of hydrogen-bond acceptors (Lipinski definition) is 4. The summed E-state index contributed by atoms with van der Waals surface area (Å²) in [6, 6.07) is 13.0. The minimum atomic E-state index is -3.28. The van der Waals surface area contributed by atoms with E-state index in [-0.39, 0.29) is 23.3 Å². The van der Waals surface area contributed by atoms with Crippen molar-refractivity contribution in [1.29, 1.82) is 0 Å². The first kappa shape index (κ1) is 27.9. The third-order valence-electron chi connectivity index (χ3n) is 6.86. The zero-order chi connectivity index (χ0) is 27.2. The van der Waals surface area contributed by atoms with Crippen molar-refractivity contribution in [2.24, 2.45) is 0 Å². The number of carbonyl (C=O) groups is 1. The maximum absolute atomic E-state index is 15.1. The Morgan fingerprint density at radius 2 is 1.76 bits per heavy atom. The fourth-order valence-electron chi connectivity index (χ4n) is 4.95. The van der Waals surface area contributed by atoms with E-state index in [4.69, 9.17) is 16.3 Å². The molecule has 0 aromatic heterocycles. The molecular weight excluding hydrogens is 522 g/mol. The zero-order valence-corrected chi connectivity index (χ0v) is 21.5. The molecule has 0 saturated heterocycles. The van der Waals surface area contributed by atoms with Crippen molar-refractivity contribution in [3.63, 3.8) is 0 Å². The van der Waals surface area contributed by atoms with Gasteiger partial charge >= 0.3 is 6.61 Å². The van der Waals surface area contributed by atoms with Crippen LogP contribution in [0, 0.1) is 11.6 Å². The van der Waals surface area contributed by atoms with Crippen LogP contribution in [0.4, 0.5) is 17.6 Å². The molecule has 0 spiro atoms. The van der Waals surface area contributed by atoms with Crippen LogP contribution in [-0.4, -0.2) is 26.0 Å². The largest absolute Gasteiger partial charge is 0.485 e. The number of aldehydes is 1. The minimum Gasteiger partial charge on any atom is -0.485 e. The van der Waals surface area contributed by atoms with Crippen molar-refractivity contribution in [1.82, 2.24) is 5.32 Å². The molecule has 4 nitrogen and oxygen atoms in total. The van der Waals surface area contributed by atoms with Crippen LogP contribution in [0.3, 0.4) is 0 Å². The molecule has 1 aliphatic carbocycles. The topological polar surface area (TPSA) is 47.6 Å². The zero-order valence-electron chi connectivity index (χ0n) is 20.8. The first-order valence-electron chi connectivity index (χ1n) is 12.5. The summed E-state index contributed by atoms with van der Waals surface area (Å²) in [5.74, 6) is -2.77. The Labute approximate surface area is 223 Å². The van der Waals surface area contributed by atoms with Crippen LogP contribution < -0.4 is 14.8 Å². The molecule has 1 N–H and O–H groups in total. The second-order valence-electron chi connectivity index (χ2n) is 9.21. The van der Waals surface area contributed by atoms with Crippen molar-refractivity contribution < 1.29 is 31.8 Å². The lowest BCUT2D eigenvalue weighted by atomic mass is 9.91. The molecule has 5 rings (SSSR count). The van der Waals surface area contributed by atoms with E-state index in [0.29, 0.717) is 11.8 Å². The van der Waals surface area contributed by atoms with Crippen LogP contribution in [0.5, 0.6) is 11.5 Å². The van der Waals surface area contributed by atoms with Crippen LogP contribution in [-0.2, 0) is 6.42 Å². The highest BCUT2D eigenvalue weighted by Gasteiger charge is 2.33. The van der Waals surface area contributed by atoms with Crippen molar-refractivity contribution >= 4 is 17.9 Å². The van der Waals surface area contributed by atoms with Gasteiger partial charge in [-0.05, 0) is 37.6 Å². The number of nitrogens with one attached hydrogen (secondary N) is 1. The van der Waals surface area contributed by atoms with Crippen molar-refractivity contribution in [2.45, 2.75) is 57.3 Å². The van der Waals surface area contributed by atoms with E-state index in [9.17, 15) is 18.0 Å². The monoisotopic (exact) mass is 549 g/mol. The summed E-state index contributed by atoms with van der Waals surface area (Å²) >= 11 is 6.16. The second kappa shape index (κ2) is 12.6. The third kappa shape index (κ3) is 6.13. The van der Waals surface area contributed by atoms with Crippen molar-refractivity contribution in [2.75, 3.05) is 7.05 Å². The molecule has 0 bridgehead atoms. The van der Waals surface area contributed by atoms with E-state index < -0.39 is 40.7 Å². The SMILES string of the molecule is CNC1CCCCC1.O=Cc1ccc(OC(F)F)c(F)c1-c1c(Cl)c(F)cc2c1CC(c1ccccc1)O2. The molecule has 2 aliphatic rings. The summed E-state index contributed by atoms with van der Waals surface area (Å²) in [6.07, 6.45) is 7.19. The molecule has 1 fully saturated rings. The summed E-state index contributed by atoms with van der Waals surface area (Å²) in [7, 11) is 2.07. The van der Waals surface area contributed by atoms with E-state index >= 15 is 4.39 Å². The summed E-state index contributed by atoms with van der Waals surface area (Å²) < 4.78 is 65.0. The Hall–Kier alpha value is -3.10. The molecule has 1 saturated carbocycles. The normalized spacial score (nSPS) is 16.9. The first-order chi connectivity index (χ1) is 18.3. The van der Waals surface area contributed by atoms with E-state index in [1.165, 1.54) is 32.1 Å². The van der Waals surface area contributed by atoms with E-state index in [2.05, 4.69) is 17.1 Å². The van der Waals surface area contributed by atoms with Gasteiger partial charge in [0.1, 0.15) is 17.7 Å². The van der Waals surface area contributed by atoms with E-state index in [1.54, 1.807) is 0 Å². The predicted molar refractivity (Wildman–Crippen MR) is 138 cm³/mol. The molecular formula is C29H28ClF4NO3. The maximum Gasteiger partial charge on any atom is 0.387 e. The number of halogens is 5. The average Bonchev–Trinajstić information content (AvgIpc) is 3.35. The van der Waals surface area contributed by atoms with Gasteiger partial charge < -0.3 is 14.8 Å². The lowest BCUT2D eigenvalue weighted by molar-refractivity contribution is -0.0521. The van der Waals surface area contributed by atoms with Gasteiger partial charge in [-0.3, -0.25) is 4.79 Å². The molecule has 1 aliphatic heterocycles. The molecule has 3 aromatic rings. The molecule has 1 heterocycles. The number of hydrogen-bond donors (Lipinski definition) is 1. The third-order valence-corrected chi connectivity index (χ3v) is 7.23. The van der Waals surface area contributed by atoms with Crippen LogP contribution in [0.25, 0.3) is 11.1 Å². The lowest BCUT2D eigenvalue weighted by Gasteiger charge is -2.20. The van der Waals surface area contributed by atoms with E-state index in [1.807, 2.05) is 30.3 Å². The van der Waals surface area contributed by atoms with Crippen LogP contribution in [0.2, 0.25) is 5.02 Å². The van der Waals surface area contributed by atoms with Crippen molar-refractivity contribution in [3.8, 4) is 22.6 Å². The second-order valence-corrected chi connectivity index (χ2v) is 9.59. The Bertz CT molecular complexity index is 1270. The fraction of sp³-hybridized carbons (Fsp3) is 0.345. The lowest BCUT2D eigenvalue weighted by Crippen LogP contribution is -2.26. The molecule has 38 heavy (non-hydrogen) atoms. The highest BCUT2D eigenvalue weighted by molar-refractivity contribution is 6.34. The van der Waals surface area contributed by atoms with Gasteiger partial charge in [-0.25, -0.2) is 8.78 Å². The quantitative estimate of drug-likeness (QED) is 0.251. The summed E-state index contributed by atoms with van der Waals surface area (Å²) in [5.41, 5.74) is 0.450. The summed E-state index contributed by atoms with van der Waals surface area (Å²) in [6.45, 7) is -3.28. The number of alkyl halides is 2. The Balaban J connectivity index is 0.000000360. The highest BCUT2D eigenvalue weighted by Crippen LogP contribution is 2.48.